The fourth-order valence-electron chi connectivity index (χ4n) is 5.04. The summed E-state index contributed by atoms with van der Waals surface area (Å²) in [5.41, 5.74) is 3.49. The molecule has 2 unspecified atom stereocenters. The van der Waals surface area contributed by atoms with Gasteiger partial charge in [-0.25, -0.2) is 9.78 Å². The summed E-state index contributed by atoms with van der Waals surface area (Å²) in [6.07, 6.45) is 6.63. The van der Waals surface area contributed by atoms with Gasteiger partial charge in [-0.05, 0) is 53.9 Å². The molecular weight excluding hydrogens is 426 g/mol. The maximum Gasteiger partial charge on any atom is 0.330 e. The topological polar surface area (TPSA) is 81.8 Å². The molecule has 0 saturated heterocycles. The zero-order valence-electron chi connectivity index (χ0n) is 21.3. The van der Waals surface area contributed by atoms with E-state index < -0.39 is 0 Å². The van der Waals surface area contributed by atoms with Crippen molar-refractivity contribution in [3.05, 3.63) is 58.4 Å². The third kappa shape index (κ3) is 5.08. The van der Waals surface area contributed by atoms with Crippen LogP contribution < -0.4 is 11.0 Å². The number of aromatic nitrogens is 4. The molecule has 34 heavy (non-hydrogen) atoms. The van der Waals surface area contributed by atoms with E-state index in [1.165, 1.54) is 0 Å². The second-order valence-electron chi connectivity index (χ2n) is 11.7. The summed E-state index contributed by atoms with van der Waals surface area (Å²) in [7, 11) is 1.80. The number of hydrogen-bond donors (Lipinski definition) is 1. The Morgan fingerprint density at radius 2 is 2.00 bits per heavy atom. The van der Waals surface area contributed by atoms with Crippen LogP contribution in [0.1, 0.15) is 71.1 Å². The largest absolute Gasteiger partial charge is 0.353 e. The lowest BCUT2D eigenvalue weighted by Gasteiger charge is -2.42. The minimum Gasteiger partial charge on any atom is -0.353 e. The molecule has 0 radical (unpaired) electrons. The average molecular weight is 464 g/mol. The summed E-state index contributed by atoms with van der Waals surface area (Å²) in [6.45, 7) is 11.5. The van der Waals surface area contributed by atoms with E-state index in [1.807, 2.05) is 22.8 Å². The van der Waals surface area contributed by atoms with Gasteiger partial charge in [0.1, 0.15) is 0 Å². The number of nitrogens with zero attached hydrogens (tertiary/aromatic N) is 4. The Bertz CT molecular complexity index is 1230. The number of pyridine rings is 2. The van der Waals surface area contributed by atoms with Gasteiger partial charge in [-0.1, -0.05) is 40.7 Å². The Balaban J connectivity index is 1.56. The number of fused-ring (bicyclic) bond motifs is 1. The summed E-state index contributed by atoms with van der Waals surface area (Å²) in [5, 5.41) is 3.29. The summed E-state index contributed by atoms with van der Waals surface area (Å²) < 4.78 is 3.49. The van der Waals surface area contributed by atoms with Gasteiger partial charge in [-0.15, -0.1) is 0 Å². The zero-order chi connectivity index (χ0) is 24.7. The third-order valence-electron chi connectivity index (χ3n) is 7.08. The van der Waals surface area contributed by atoms with Gasteiger partial charge in [0.05, 0.1) is 11.9 Å². The fourth-order valence-corrected chi connectivity index (χ4v) is 5.04. The van der Waals surface area contributed by atoms with Gasteiger partial charge >= 0.3 is 5.69 Å². The van der Waals surface area contributed by atoms with E-state index in [0.717, 1.165) is 41.7 Å². The van der Waals surface area contributed by atoms with Crippen LogP contribution in [0.25, 0.3) is 11.2 Å². The Labute approximate surface area is 201 Å². The molecule has 182 valence electrons. The Hall–Kier alpha value is -2.96. The number of nitrogens with one attached hydrogen (secondary N) is 1. The third-order valence-corrected chi connectivity index (χ3v) is 7.08. The van der Waals surface area contributed by atoms with Gasteiger partial charge < -0.3 is 5.32 Å². The van der Waals surface area contributed by atoms with Gasteiger partial charge in [0.25, 0.3) is 0 Å². The summed E-state index contributed by atoms with van der Waals surface area (Å²) in [6, 6.07) is 7.95. The molecule has 0 aromatic carbocycles. The second kappa shape index (κ2) is 9.01. The number of rotatable bonds is 5. The lowest BCUT2D eigenvalue weighted by molar-refractivity contribution is -0.122. The molecule has 1 N–H and O–H groups in total. The SMILES string of the molecule is Cn1c(=O)n(CC(C)(C)C)c2ccc(C3CCC(C)(C)C(NC(=O)Cc4cccnc4)C3)nc21. The minimum absolute atomic E-state index is 0.00697. The van der Waals surface area contributed by atoms with Crippen molar-refractivity contribution < 1.29 is 4.79 Å². The van der Waals surface area contributed by atoms with Crippen molar-refractivity contribution >= 4 is 17.1 Å². The first kappa shape index (κ1) is 24.2. The minimum atomic E-state index is -0.0279. The van der Waals surface area contributed by atoms with Gasteiger partial charge in [-0.2, -0.15) is 0 Å². The van der Waals surface area contributed by atoms with E-state index in [-0.39, 0.29) is 34.4 Å². The van der Waals surface area contributed by atoms with Crippen LogP contribution in [-0.4, -0.2) is 31.1 Å². The van der Waals surface area contributed by atoms with Gasteiger partial charge in [0.2, 0.25) is 5.91 Å². The summed E-state index contributed by atoms with van der Waals surface area (Å²) in [4.78, 5) is 34.8. The molecule has 1 aliphatic rings. The molecule has 2 atom stereocenters. The van der Waals surface area contributed by atoms with Crippen molar-refractivity contribution in [1.29, 1.82) is 0 Å². The predicted molar refractivity (Wildman–Crippen MR) is 135 cm³/mol. The molecule has 1 saturated carbocycles. The predicted octanol–water partition coefficient (Wildman–Crippen LogP) is 4.20. The number of aryl methyl sites for hydroxylation is 1. The van der Waals surface area contributed by atoms with Gasteiger partial charge in [0.15, 0.2) is 5.65 Å². The molecule has 1 fully saturated rings. The van der Waals surface area contributed by atoms with Crippen LogP contribution >= 0.6 is 0 Å². The maximum absolute atomic E-state index is 12.9. The first-order chi connectivity index (χ1) is 15.9. The zero-order valence-corrected chi connectivity index (χ0v) is 21.3. The van der Waals surface area contributed by atoms with E-state index in [4.69, 9.17) is 4.98 Å². The highest BCUT2D eigenvalue weighted by atomic mass is 16.2. The van der Waals surface area contributed by atoms with Crippen LogP contribution in [0.2, 0.25) is 0 Å². The molecule has 0 spiro atoms. The quantitative estimate of drug-likeness (QED) is 0.615. The van der Waals surface area contributed by atoms with Crippen molar-refractivity contribution in [1.82, 2.24) is 24.4 Å². The van der Waals surface area contributed by atoms with Crippen LogP contribution in [0.3, 0.4) is 0 Å². The number of carbonyl (C=O) groups is 1. The van der Waals surface area contributed by atoms with Crippen LogP contribution in [0.4, 0.5) is 0 Å². The smallest absolute Gasteiger partial charge is 0.330 e. The first-order valence-electron chi connectivity index (χ1n) is 12.2. The molecule has 4 rings (SSSR count). The van der Waals surface area contributed by atoms with E-state index in [9.17, 15) is 9.59 Å². The van der Waals surface area contributed by atoms with Crippen molar-refractivity contribution in [2.75, 3.05) is 0 Å². The first-order valence-corrected chi connectivity index (χ1v) is 12.2. The molecule has 0 aliphatic heterocycles. The van der Waals surface area contributed by atoms with Gasteiger partial charge in [0, 0.05) is 43.6 Å². The second-order valence-corrected chi connectivity index (χ2v) is 11.7. The maximum atomic E-state index is 12.9. The van der Waals surface area contributed by atoms with Crippen LogP contribution in [0.5, 0.6) is 0 Å². The van der Waals surface area contributed by atoms with Crippen molar-refractivity contribution in [3.8, 4) is 0 Å². The monoisotopic (exact) mass is 463 g/mol. The van der Waals surface area contributed by atoms with Gasteiger partial charge in [-0.3, -0.25) is 18.9 Å². The summed E-state index contributed by atoms with van der Waals surface area (Å²) in [5.74, 6) is 0.263. The number of carbonyl (C=O) groups excluding carboxylic acids is 1. The molecule has 1 aliphatic carbocycles. The number of hydrogen-bond acceptors (Lipinski definition) is 4. The molecule has 3 aromatic rings. The Morgan fingerprint density at radius 1 is 1.24 bits per heavy atom. The van der Waals surface area contributed by atoms with Crippen molar-refractivity contribution in [3.63, 3.8) is 0 Å². The normalized spacial score (nSPS) is 20.4. The van der Waals surface area contributed by atoms with Crippen molar-refractivity contribution in [2.45, 2.75) is 78.8 Å². The Kier molecular flexibility index (Phi) is 6.40. The van der Waals surface area contributed by atoms with E-state index in [1.54, 1.807) is 24.0 Å². The number of amides is 1. The molecule has 0 bridgehead atoms. The van der Waals surface area contributed by atoms with Crippen LogP contribution in [-0.2, 0) is 24.8 Å². The Morgan fingerprint density at radius 3 is 2.68 bits per heavy atom. The van der Waals surface area contributed by atoms with E-state index in [2.05, 4.69) is 51.0 Å². The van der Waals surface area contributed by atoms with Crippen LogP contribution in [0.15, 0.2) is 41.5 Å². The fraction of sp³-hybridized carbons (Fsp3) is 0.556. The van der Waals surface area contributed by atoms with E-state index in [0.29, 0.717) is 13.0 Å². The highest BCUT2D eigenvalue weighted by Crippen LogP contribution is 2.42. The summed E-state index contributed by atoms with van der Waals surface area (Å²) >= 11 is 0. The standard InChI is InChI=1S/C27H37N5O2/c1-26(2,3)17-32-21-10-9-20(29-24(21)31(6)25(32)34)19-11-12-27(4,5)22(15-19)30-23(33)14-18-8-7-13-28-16-18/h7-10,13,16,19,22H,11-12,14-15,17H2,1-6H3,(H,30,33). The lowest BCUT2D eigenvalue weighted by Crippen LogP contribution is -2.48. The molecule has 1 amide bonds. The molecule has 7 heteroatoms. The van der Waals surface area contributed by atoms with E-state index >= 15 is 0 Å². The van der Waals surface area contributed by atoms with Crippen molar-refractivity contribution in [2.24, 2.45) is 17.9 Å². The highest BCUT2D eigenvalue weighted by molar-refractivity contribution is 5.79. The highest BCUT2D eigenvalue weighted by Gasteiger charge is 2.38. The van der Waals surface area contributed by atoms with Crippen LogP contribution in [0, 0.1) is 10.8 Å². The molecule has 3 aromatic heterocycles. The molecule has 3 heterocycles. The molecular formula is C27H37N5O2. The average Bonchev–Trinajstić information content (AvgIpc) is 2.99. The lowest BCUT2D eigenvalue weighted by atomic mass is 9.68. The molecule has 7 nitrogen and oxygen atoms in total. The number of imidazole rings is 1.